The Balaban J connectivity index is 2.58. The molecule has 0 aromatic rings. The minimum atomic E-state index is -0.669. The summed E-state index contributed by atoms with van der Waals surface area (Å²) in [6.07, 6.45) is 6.24. The van der Waals surface area contributed by atoms with Gasteiger partial charge < -0.3 is 10.5 Å². The van der Waals surface area contributed by atoms with Crippen molar-refractivity contribution in [1.82, 2.24) is 0 Å². The SMILES string of the molecule is COC(=O)[C@@H](N)CC1C=CC(C(=O)C(=O)C(C)C)=CC1. The Labute approximate surface area is 118 Å². The zero-order valence-corrected chi connectivity index (χ0v) is 12.1. The van der Waals surface area contributed by atoms with Crippen molar-refractivity contribution in [2.45, 2.75) is 32.7 Å². The quantitative estimate of drug-likeness (QED) is 0.582. The fourth-order valence-electron chi connectivity index (χ4n) is 1.99. The first-order valence-corrected chi connectivity index (χ1v) is 6.67. The molecule has 20 heavy (non-hydrogen) atoms. The molecule has 5 nitrogen and oxygen atoms in total. The number of allylic oxidation sites excluding steroid dienone is 4. The second-order valence-electron chi connectivity index (χ2n) is 5.23. The predicted molar refractivity (Wildman–Crippen MR) is 74.8 cm³/mol. The van der Waals surface area contributed by atoms with E-state index >= 15 is 0 Å². The van der Waals surface area contributed by atoms with Gasteiger partial charge in [0.1, 0.15) is 6.04 Å². The van der Waals surface area contributed by atoms with Crippen LogP contribution in [0, 0.1) is 11.8 Å². The van der Waals surface area contributed by atoms with Gasteiger partial charge in [0.05, 0.1) is 7.11 Å². The van der Waals surface area contributed by atoms with Gasteiger partial charge in [0.25, 0.3) is 0 Å². The van der Waals surface area contributed by atoms with Crippen LogP contribution in [0.1, 0.15) is 26.7 Å². The summed E-state index contributed by atoms with van der Waals surface area (Å²) < 4.78 is 4.57. The number of esters is 1. The van der Waals surface area contributed by atoms with Gasteiger partial charge in [-0.25, -0.2) is 0 Å². The van der Waals surface area contributed by atoms with Crippen LogP contribution in [0.5, 0.6) is 0 Å². The molecule has 0 saturated heterocycles. The van der Waals surface area contributed by atoms with Gasteiger partial charge in [0.2, 0.25) is 11.6 Å². The summed E-state index contributed by atoms with van der Waals surface area (Å²) in [5.74, 6) is -1.51. The second-order valence-corrected chi connectivity index (χ2v) is 5.23. The molecule has 0 aromatic carbocycles. The normalized spacial score (nSPS) is 19.4. The van der Waals surface area contributed by atoms with Crippen LogP contribution in [0.15, 0.2) is 23.8 Å². The number of ether oxygens (including phenoxy) is 1. The van der Waals surface area contributed by atoms with E-state index in [0.29, 0.717) is 18.4 Å². The van der Waals surface area contributed by atoms with E-state index in [1.54, 1.807) is 26.0 Å². The third kappa shape index (κ3) is 4.13. The summed E-state index contributed by atoms with van der Waals surface area (Å²) in [6, 6.07) is -0.669. The van der Waals surface area contributed by atoms with Crippen LogP contribution in [0.3, 0.4) is 0 Å². The predicted octanol–water partition coefficient (Wildman–Crippen LogP) is 1.17. The first-order chi connectivity index (χ1) is 9.36. The summed E-state index contributed by atoms with van der Waals surface area (Å²) in [4.78, 5) is 34.7. The lowest BCUT2D eigenvalue weighted by molar-refractivity contribution is -0.142. The van der Waals surface area contributed by atoms with Crippen LogP contribution < -0.4 is 5.73 Å². The van der Waals surface area contributed by atoms with E-state index in [-0.39, 0.29) is 17.6 Å². The highest BCUT2D eigenvalue weighted by Gasteiger charge is 2.24. The maximum absolute atomic E-state index is 11.9. The van der Waals surface area contributed by atoms with Crippen molar-refractivity contribution < 1.29 is 19.1 Å². The Kier molecular flexibility index (Phi) is 5.82. The number of hydrogen-bond donors (Lipinski definition) is 1. The standard InChI is InChI=1S/C15H21NO4/c1-9(2)13(17)14(18)11-6-4-10(5-7-11)8-12(16)15(19)20-3/h4,6-7,9-10,12H,5,8,16H2,1-3H3/t10?,12-/m0/s1. The smallest absolute Gasteiger partial charge is 0.322 e. The molecule has 0 aromatic heterocycles. The van der Waals surface area contributed by atoms with Gasteiger partial charge in [-0.05, 0) is 18.8 Å². The maximum Gasteiger partial charge on any atom is 0.322 e. The van der Waals surface area contributed by atoms with Crippen molar-refractivity contribution in [3.8, 4) is 0 Å². The Morgan fingerprint density at radius 2 is 2.05 bits per heavy atom. The van der Waals surface area contributed by atoms with E-state index in [9.17, 15) is 14.4 Å². The fraction of sp³-hybridized carbons (Fsp3) is 0.533. The van der Waals surface area contributed by atoms with Crippen LogP contribution in [-0.2, 0) is 19.1 Å². The molecule has 0 bridgehead atoms. The topological polar surface area (TPSA) is 86.5 Å². The van der Waals surface area contributed by atoms with Gasteiger partial charge in [-0.3, -0.25) is 14.4 Å². The average molecular weight is 279 g/mol. The molecule has 0 aliphatic heterocycles. The molecule has 1 aliphatic carbocycles. The van der Waals surface area contributed by atoms with E-state index in [2.05, 4.69) is 4.74 Å². The van der Waals surface area contributed by atoms with Gasteiger partial charge >= 0.3 is 5.97 Å². The molecule has 0 saturated carbocycles. The monoisotopic (exact) mass is 279 g/mol. The minimum absolute atomic E-state index is 0.0785. The van der Waals surface area contributed by atoms with Gasteiger partial charge in [-0.1, -0.05) is 32.1 Å². The maximum atomic E-state index is 11.9. The first-order valence-electron chi connectivity index (χ1n) is 6.67. The Hall–Kier alpha value is -1.75. The van der Waals surface area contributed by atoms with Crippen molar-refractivity contribution in [1.29, 1.82) is 0 Å². The molecule has 0 amide bonds. The second kappa shape index (κ2) is 7.14. The van der Waals surface area contributed by atoms with Crippen LogP contribution in [0.2, 0.25) is 0 Å². The van der Waals surface area contributed by atoms with Crippen molar-refractivity contribution >= 4 is 17.5 Å². The van der Waals surface area contributed by atoms with Crippen molar-refractivity contribution in [3.05, 3.63) is 23.8 Å². The number of nitrogens with two attached hydrogens (primary N) is 1. The van der Waals surface area contributed by atoms with Gasteiger partial charge in [-0.2, -0.15) is 0 Å². The van der Waals surface area contributed by atoms with E-state index in [0.717, 1.165) is 0 Å². The molecule has 2 atom stereocenters. The van der Waals surface area contributed by atoms with Gasteiger partial charge in [0, 0.05) is 11.5 Å². The van der Waals surface area contributed by atoms with Crippen molar-refractivity contribution in [3.63, 3.8) is 0 Å². The summed E-state index contributed by atoms with van der Waals surface area (Å²) in [5.41, 5.74) is 6.11. The fourth-order valence-corrected chi connectivity index (χ4v) is 1.99. The summed E-state index contributed by atoms with van der Waals surface area (Å²) in [5, 5.41) is 0. The van der Waals surface area contributed by atoms with Crippen LogP contribution in [0.25, 0.3) is 0 Å². The number of ketones is 2. The molecule has 1 unspecified atom stereocenters. The Morgan fingerprint density at radius 1 is 1.40 bits per heavy atom. The highest BCUT2D eigenvalue weighted by atomic mass is 16.5. The lowest BCUT2D eigenvalue weighted by atomic mass is 9.88. The molecule has 1 rings (SSSR count). The van der Waals surface area contributed by atoms with Crippen LogP contribution in [-0.4, -0.2) is 30.7 Å². The van der Waals surface area contributed by atoms with E-state index in [1.165, 1.54) is 7.11 Å². The number of carbonyl (C=O) groups excluding carboxylic acids is 3. The molecule has 0 heterocycles. The van der Waals surface area contributed by atoms with E-state index in [1.807, 2.05) is 6.08 Å². The third-order valence-electron chi connectivity index (χ3n) is 3.26. The number of Topliss-reactive ketones (excluding diaryl/α,β-unsaturated/α-hetero) is 2. The molecular weight excluding hydrogens is 258 g/mol. The molecule has 0 fully saturated rings. The number of carbonyl (C=O) groups is 3. The lowest BCUT2D eigenvalue weighted by Crippen LogP contribution is -2.33. The molecule has 0 spiro atoms. The molecule has 5 heteroatoms. The van der Waals surface area contributed by atoms with Crippen molar-refractivity contribution in [2.75, 3.05) is 7.11 Å². The molecule has 2 N–H and O–H groups in total. The van der Waals surface area contributed by atoms with Crippen LogP contribution in [0.4, 0.5) is 0 Å². The molecule has 0 radical (unpaired) electrons. The molecule has 1 aliphatic rings. The van der Waals surface area contributed by atoms with Gasteiger partial charge in [0.15, 0.2) is 0 Å². The summed E-state index contributed by atoms with van der Waals surface area (Å²) in [7, 11) is 1.30. The van der Waals surface area contributed by atoms with Crippen LogP contribution >= 0.6 is 0 Å². The highest BCUT2D eigenvalue weighted by molar-refractivity contribution is 6.44. The number of rotatable bonds is 6. The zero-order chi connectivity index (χ0) is 15.3. The molecular formula is C15H21NO4. The largest absolute Gasteiger partial charge is 0.468 e. The Morgan fingerprint density at radius 3 is 2.50 bits per heavy atom. The zero-order valence-electron chi connectivity index (χ0n) is 12.1. The number of hydrogen-bond acceptors (Lipinski definition) is 5. The van der Waals surface area contributed by atoms with Crippen molar-refractivity contribution in [2.24, 2.45) is 17.6 Å². The summed E-state index contributed by atoms with van der Waals surface area (Å²) >= 11 is 0. The Bertz CT molecular complexity index is 462. The number of methoxy groups -OCH3 is 1. The minimum Gasteiger partial charge on any atom is -0.468 e. The molecule has 110 valence electrons. The first kappa shape index (κ1) is 16.3. The highest BCUT2D eigenvalue weighted by Crippen LogP contribution is 2.22. The van der Waals surface area contributed by atoms with E-state index < -0.39 is 17.8 Å². The lowest BCUT2D eigenvalue weighted by Gasteiger charge is -2.18. The average Bonchev–Trinajstić information content (AvgIpc) is 2.45. The third-order valence-corrected chi connectivity index (χ3v) is 3.26. The summed E-state index contributed by atoms with van der Waals surface area (Å²) in [6.45, 7) is 3.40. The van der Waals surface area contributed by atoms with Gasteiger partial charge in [-0.15, -0.1) is 0 Å². The van der Waals surface area contributed by atoms with E-state index in [4.69, 9.17) is 5.73 Å².